The maximum Gasteiger partial charge on any atom is 0.416 e. The second kappa shape index (κ2) is 9.95. The number of aliphatic carboxylic acids is 1. The van der Waals surface area contributed by atoms with E-state index in [1.54, 1.807) is 20.8 Å². The van der Waals surface area contributed by atoms with E-state index in [-0.39, 0.29) is 24.6 Å². The topological polar surface area (TPSA) is 95.9 Å². The van der Waals surface area contributed by atoms with E-state index in [4.69, 9.17) is 9.84 Å². The monoisotopic (exact) mass is 404 g/mol. The molecule has 2 amide bonds. The number of ether oxygens (including phenoxy) is 1. The number of halogens is 3. The zero-order valence-corrected chi connectivity index (χ0v) is 15.7. The van der Waals surface area contributed by atoms with Crippen LogP contribution in [-0.2, 0) is 20.5 Å². The van der Waals surface area contributed by atoms with E-state index in [9.17, 15) is 27.6 Å². The second-order valence-electron chi connectivity index (χ2n) is 6.47. The van der Waals surface area contributed by atoms with Crippen LogP contribution in [0.3, 0.4) is 0 Å². The van der Waals surface area contributed by atoms with Crippen LogP contribution in [0.25, 0.3) is 0 Å². The van der Waals surface area contributed by atoms with E-state index in [0.717, 1.165) is 29.2 Å². The van der Waals surface area contributed by atoms with Gasteiger partial charge >= 0.3 is 18.2 Å². The Morgan fingerprint density at radius 1 is 1.18 bits per heavy atom. The molecule has 10 heteroatoms. The third-order valence-electron chi connectivity index (χ3n) is 3.69. The lowest BCUT2D eigenvalue weighted by Crippen LogP contribution is -2.44. The molecule has 0 spiro atoms. The van der Waals surface area contributed by atoms with Crippen molar-refractivity contribution < 1.29 is 37.4 Å². The Hall–Kier alpha value is -2.78. The van der Waals surface area contributed by atoms with Gasteiger partial charge in [0.1, 0.15) is 6.54 Å². The number of anilines is 1. The molecule has 0 saturated carbocycles. The molecule has 0 bridgehead atoms. The molecule has 7 nitrogen and oxygen atoms in total. The summed E-state index contributed by atoms with van der Waals surface area (Å²) < 4.78 is 42.8. The number of carboxylic acid groups (broad SMARTS) is 1. The Balaban J connectivity index is 2.84. The van der Waals surface area contributed by atoms with Crippen LogP contribution in [0.1, 0.15) is 32.8 Å². The number of carbonyl (C=O) groups excluding carboxylic acids is 2. The number of amides is 2. The Labute approximate surface area is 160 Å². The summed E-state index contributed by atoms with van der Waals surface area (Å²) in [6.45, 7) is 4.77. The largest absolute Gasteiger partial charge is 0.480 e. The van der Waals surface area contributed by atoms with Crippen LogP contribution in [0.4, 0.5) is 23.7 Å². The van der Waals surface area contributed by atoms with Gasteiger partial charge in [-0.15, -0.1) is 0 Å². The number of rotatable bonds is 8. The van der Waals surface area contributed by atoms with Crippen LogP contribution >= 0.6 is 0 Å². The highest BCUT2D eigenvalue weighted by atomic mass is 19.4. The lowest BCUT2D eigenvalue weighted by molar-refractivity contribution is -0.148. The number of nitrogens with one attached hydrogen (secondary N) is 1. The fourth-order valence-corrected chi connectivity index (χ4v) is 2.36. The van der Waals surface area contributed by atoms with Gasteiger partial charge in [-0.05, 0) is 43.5 Å². The van der Waals surface area contributed by atoms with Gasteiger partial charge in [0.2, 0.25) is 0 Å². The van der Waals surface area contributed by atoms with Crippen LogP contribution in [-0.4, -0.2) is 47.2 Å². The van der Waals surface area contributed by atoms with Crippen LogP contribution < -0.4 is 5.32 Å². The lowest BCUT2D eigenvalue weighted by Gasteiger charge is -2.26. The zero-order chi connectivity index (χ0) is 21.5. The van der Waals surface area contributed by atoms with Gasteiger partial charge in [-0.3, -0.25) is 14.9 Å². The first-order valence-electron chi connectivity index (χ1n) is 8.59. The van der Waals surface area contributed by atoms with E-state index in [2.05, 4.69) is 5.32 Å². The van der Waals surface area contributed by atoms with Crippen molar-refractivity contribution in [3.63, 3.8) is 0 Å². The first-order valence-corrected chi connectivity index (χ1v) is 8.59. The summed E-state index contributed by atoms with van der Waals surface area (Å²) in [7, 11) is 0. The fraction of sp³-hybridized carbons (Fsp3) is 0.500. The smallest absolute Gasteiger partial charge is 0.416 e. The first-order chi connectivity index (χ1) is 12.9. The number of benzene rings is 1. The highest BCUT2D eigenvalue weighted by Gasteiger charge is 2.31. The summed E-state index contributed by atoms with van der Waals surface area (Å²) in [6, 6.07) is 3.73. The molecule has 156 valence electrons. The zero-order valence-electron chi connectivity index (χ0n) is 15.7. The highest BCUT2D eigenvalue weighted by Crippen LogP contribution is 2.29. The summed E-state index contributed by atoms with van der Waals surface area (Å²) in [6.07, 6.45) is -6.57. The first kappa shape index (κ1) is 23.3. The molecular formula is C18H23F3N2O5. The molecule has 0 fully saturated rings. The molecule has 0 heterocycles. The van der Waals surface area contributed by atoms with Crippen molar-refractivity contribution in [2.24, 2.45) is 5.92 Å². The summed E-state index contributed by atoms with van der Waals surface area (Å²) in [5, 5.41) is 11.2. The van der Waals surface area contributed by atoms with Gasteiger partial charge in [0, 0.05) is 12.2 Å². The molecule has 1 atom stereocenters. The summed E-state index contributed by atoms with van der Waals surface area (Å²) in [5.74, 6) is -1.88. The normalized spacial score (nSPS) is 12.4. The summed E-state index contributed by atoms with van der Waals surface area (Å²) in [4.78, 5) is 36.5. The molecule has 2 N–H and O–H groups in total. The number of likely N-dealkylation sites (N-methyl/N-ethyl adjacent to an activating group) is 1. The molecule has 1 unspecified atom stereocenters. The molecule has 0 aliphatic heterocycles. The molecule has 28 heavy (non-hydrogen) atoms. The predicted octanol–water partition coefficient (Wildman–Crippen LogP) is 3.60. The van der Waals surface area contributed by atoms with Crippen LogP contribution in [0.15, 0.2) is 24.3 Å². The maximum absolute atomic E-state index is 12.6. The number of hydrogen-bond acceptors (Lipinski definition) is 4. The standard InChI is InChI=1S/C18H23F3N2O5/c1-4-23(10-15(24)25)16(26)14(9-11(2)3)28-17(27)22-13-7-5-12(6-8-13)18(19,20)21/h5-8,11,14H,4,9-10H2,1-3H3,(H,22,27)(H,24,25). The molecule has 1 aromatic rings. The van der Waals surface area contributed by atoms with Crippen molar-refractivity contribution in [3.05, 3.63) is 29.8 Å². The van der Waals surface area contributed by atoms with E-state index in [1.807, 2.05) is 0 Å². The van der Waals surface area contributed by atoms with Crippen LogP contribution in [0, 0.1) is 5.92 Å². The quantitative estimate of drug-likeness (QED) is 0.690. The van der Waals surface area contributed by atoms with Crippen molar-refractivity contribution in [2.75, 3.05) is 18.4 Å². The third-order valence-corrected chi connectivity index (χ3v) is 3.69. The molecule has 0 saturated heterocycles. The van der Waals surface area contributed by atoms with E-state index >= 15 is 0 Å². The average Bonchev–Trinajstić information content (AvgIpc) is 2.57. The fourth-order valence-electron chi connectivity index (χ4n) is 2.36. The minimum atomic E-state index is -4.50. The minimum absolute atomic E-state index is 0.0312. The van der Waals surface area contributed by atoms with E-state index < -0.39 is 42.4 Å². The molecule has 0 aromatic heterocycles. The molecule has 1 rings (SSSR count). The Morgan fingerprint density at radius 2 is 1.75 bits per heavy atom. The lowest BCUT2D eigenvalue weighted by atomic mass is 10.0. The SMILES string of the molecule is CCN(CC(=O)O)C(=O)C(CC(C)C)OC(=O)Nc1ccc(C(F)(F)F)cc1. The number of hydrogen-bond donors (Lipinski definition) is 2. The molecule has 0 radical (unpaired) electrons. The van der Waals surface area contributed by atoms with Gasteiger partial charge in [-0.2, -0.15) is 13.2 Å². The molecule has 0 aliphatic carbocycles. The third kappa shape index (κ3) is 7.45. The van der Waals surface area contributed by atoms with Crippen molar-refractivity contribution in [2.45, 2.75) is 39.5 Å². The maximum atomic E-state index is 12.6. The van der Waals surface area contributed by atoms with Gasteiger partial charge < -0.3 is 14.7 Å². The van der Waals surface area contributed by atoms with Crippen molar-refractivity contribution in [3.8, 4) is 0 Å². The average molecular weight is 404 g/mol. The Bertz CT molecular complexity index is 689. The predicted molar refractivity (Wildman–Crippen MR) is 94.7 cm³/mol. The summed E-state index contributed by atoms with van der Waals surface area (Å²) >= 11 is 0. The number of carbonyl (C=O) groups is 3. The van der Waals surface area contributed by atoms with Crippen LogP contribution in [0.5, 0.6) is 0 Å². The minimum Gasteiger partial charge on any atom is -0.480 e. The van der Waals surface area contributed by atoms with Crippen molar-refractivity contribution in [1.82, 2.24) is 4.90 Å². The van der Waals surface area contributed by atoms with Crippen LogP contribution in [0.2, 0.25) is 0 Å². The van der Waals surface area contributed by atoms with Gasteiger partial charge in [0.15, 0.2) is 6.10 Å². The van der Waals surface area contributed by atoms with Gasteiger partial charge in [-0.25, -0.2) is 4.79 Å². The molecule has 0 aliphatic rings. The van der Waals surface area contributed by atoms with Crippen molar-refractivity contribution >= 4 is 23.7 Å². The number of nitrogens with zero attached hydrogens (tertiary/aromatic N) is 1. The highest BCUT2D eigenvalue weighted by molar-refractivity contribution is 5.90. The van der Waals surface area contributed by atoms with Gasteiger partial charge in [0.25, 0.3) is 5.91 Å². The Morgan fingerprint density at radius 3 is 2.18 bits per heavy atom. The Kier molecular flexibility index (Phi) is 8.27. The van der Waals surface area contributed by atoms with Gasteiger partial charge in [0.05, 0.1) is 5.56 Å². The molecule has 1 aromatic carbocycles. The number of alkyl halides is 3. The second-order valence-corrected chi connectivity index (χ2v) is 6.47. The van der Waals surface area contributed by atoms with Gasteiger partial charge in [-0.1, -0.05) is 13.8 Å². The van der Waals surface area contributed by atoms with Crippen molar-refractivity contribution in [1.29, 1.82) is 0 Å². The van der Waals surface area contributed by atoms with E-state index in [1.165, 1.54) is 0 Å². The summed E-state index contributed by atoms with van der Waals surface area (Å²) in [5.41, 5.74) is -0.807. The molecular weight excluding hydrogens is 381 g/mol. The number of carboxylic acids is 1. The van der Waals surface area contributed by atoms with E-state index in [0.29, 0.717) is 0 Å².